The van der Waals surface area contributed by atoms with E-state index in [1.807, 2.05) is 74.5 Å². The van der Waals surface area contributed by atoms with Crippen molar-refractivity contribution in [2.75, 3.05) is 11.9 Å². The average molecular weight is 473 g/mol. The molecule has 0 fully saturated rings. The maximum Gasteiger partial charge on any atom is 0.407 e. The molecule has 0 saturated heterocycles. The van der Waals surface area contributed by atoms with E-state index < -0.39 is 30.4 Å². The number of anilines is 1. The van der Waals surface area contributed by atoms with Gasteiger partial charge in [-0.1, -0.05) is 61.5 Å². The number of amides is 2. The number of hydrogen-bond donors (Lipinski definition) is 3. The lowest BCUT2D eigenvalue weighted by Gasteiger charge is -2.19. The van der Waals surface area contributed by atoms with Crippen molar-refractivity contribution in [1.82, 2.24) is 5.32 Å². The topological polar surface area (TPSA) is 105 Å². The zero-order valence-corrected chi connectivity index (χ0v) is 19.7. The maximum absolute atomic E-state index is 12.8. The normalized spacial score (nSPS) is 12.9. The number of fused-ring (bicyclic) bond motifs is 3. The molecule has 2 amide bonds. The first kappa shape index (κ1) is 24.0. The molecule has 0 aromatic heterocycles. The molecule has 3 aromatic carbocycles. The molecule has 35 heavy (non-hydrogen) atoms. The molecule has 3 aromatic rings. The quantitative estimate of drug-likeness (QED) is 0.434. The van der Waals surface area contributed by atoms with Gasteiger partial charge in [0.05, 0.1) is 6.42 Å². The van der Waals surface area contributed by atoms with Gasteiger partial charge in [-0.05, 0) is 58.9 Å². The molecule has 0 aliphatic heterocycles. The summed E-state index contributed by atoms with van der Waals surface area (Å²) in [5.74, 6) is -1.97. The third-order valence-corrected chi connectivity index (χ3v) is 6.32. The van der Waals surface area contributed by atoms with Crippen LogP contribution in [0.4, 0.5) is 10.5 Å². The minimum Gasteiger partial charge on any atom is -0.481 e. The number of benzene rings is 3. The lowest BCUT2D eigenvalue weighted by atomic mass is 9.98. The predicted molar refractivity (Wildman–Crippen MR) is 133 cm³/mol. The highest BCUT2D eigenvalue weighted by Crippen LogP contribution is 2.44. The van der Waals surface area contributed by atoms with Crippen LogP contribution in [0, 0.1) is 6.92 Å². The van der Waals surface area contributed by atoms with Crippen LogP contribution in [0.25, 0.3) is 11.1 Å². The summed E-state index contributed by atoms with van der Waals surface area (Å²) < 4.78 is 5.48. The first-order valence-corrected chi connectivity index (χ1v) is 11.6. The Hall–Kier alpha value is -4.13. The lowest BCUT2D eigenvalue weighted by molar-refractivity contribution is -0.139. The van der Waals surface area contributed by atoms with Crippen LogP contribution in [0.5, 0.6) is 0 Å². The molecule has 0 spiro atoms. The summed E-state index contributed by atoms with van der Waals surface area (Å²) in [6, 6.07) is 20.1. The highest BCUT2D eigenvalue weighted by molar-refractivity contribution is 5.98. The number of ether oxygens (including phenoxy) is 1. The monoisotopic (exact) mass is 472 g/mol. The highest BCUT2D eigenvalue weighted by atomic mass is 16.5. The Kier molecular flexibility index (Phi) is 7.15. The molecule has 7 nitrogen and oxygen atoms in total. The van der Waals surface area contributed by atoms with Gasteiger partial charge >= 0.3 is 12.1 Å². The van der Waals surface area contributed by atoms with Crippen LogP contribution in [0.2, 0.25) is 0 Å². The van der Waals surface area contributed by atoms with Gasteiger partial charge in [0.2, 0.25) is 5.91 Å². The van der Waals surface area contributed by atoms with Crippen LogP contribution in [-0.4, -0.2) is 35.7 Å². The van der Waals surface area contributed by atoms with Crippen molar-refractivity contribution in [3.05, 3.63) is 89.0 Å². The summed E-state index contributed by atoms with van der Waals surface area (Å²) in [6.07, 6.45) is -0.543. The lowest BCUT2D eigenvalue weighted by Crippen LogP contribution is -2.45. The standard InChI is InChI=1S/C28H28N2O5/c1-3-18-12-13-19(14-17(18)2)29-27(33)25(15-26(31)32)30-28(34)35-16-24-22-10-6-4-8-20(22)21-9-5-7-11-23(21)24/h4-14,24-25H,3,15-16H2,1-2H3,(H,29,33)(H,30,34)(H,31,32). The van der Waals surface area contributed by atoms with Gasteiger partial charge in [-0.3, -0.25) is 9.59 Å². The van der Waals surface area contributed by atoms with Crippen molar-refractivity contribution in [3.8, 4) is 11.1 Å². The summed E-state index contributed by atoms with van der Waals surface area (Å²) in [6.45, 7) is 4.05. The number of aliphatic carboxylic acids is 1. The number of rotatable bonds is 8. The fourth-order valence-corrected chi connectivity index (χ4v) is 4.57. The zero-order valence-electron chi connectivity index (χ0n) is 19.7. The Morgan fingerprint density at radius 2 is 1.60 bits per heavy atom. The van der Waals surface area contributed by atoms with E-state index in [9.17, 15) is 19.5 Å². The van der Waals surface area contributed by atoms with Crippen molar-refractivity contribution in [2.45, 2.75) is 38.6 Å². The smallest absolute Gasteiger partial charge is 0.407 e. The number of carbonyl (C=O) groups excluding carboxylic acids is 2. The number of nitrogens with one attached hydrogen (secondary N) is 2. The molecule has 0 radical (unpaired) electrons. The van der Waals surface area contributed by atoms with Gasteiger partial charge in [0.25, 0.3) is 0 Å². The summed E-state index contributed by atoms with van der Waals surface area (Å²) >= 11 is 0. The third kappa shape index (κ3) is 5.35. The van der Waals surface area contributed by atoms with Crippen LogP contribution in [0.15, 0.2) is 66.7 Å². The Morgan fingerprint density at radius 3 is 2.17 bits per heavy atom. The van der Waals surface area contributed by atoms with Gasteiger partial charge in [0.1, 0.15) is 12.6 Å². The number of carboxylic acids is 1. The molecule has 1 aliphatic carbocycles. The molecular formula is C28H28N2O5. The summed E-state index contributed by atoms with van der Waals surface area (Å²) in [7, 11) is 0. The van der Waals surface area contributed by atoms with Gasteiger partial charge in [-0.25, -0.2) is 4.79 Å². The number of aryl methyl sites for hydroxylation is 2. The van der Waals surface area contributed by atoms with E-state index in [4.69, 9.17) is 4.74 Å². The molecule has 1 aliphatic rings. The van der Waals surface area contributed by atoms with E-state index in [0.29, 0.717) is 5.69 Å². The number of carbonyl (C=O) groups is 3. The van der Waals surface area contributed by atoms with E-state index >= 15 is 0 Å². The maximum atomic E-state index is 12.8. The average Bonchev–Trinajstić information content (AvgIpc) is 3.16. The van der Waals surface area contributed by atoms with E-state index in [1.165, 1.54) is 0 Å². The van der Waals surface area contributed by atoms with Crippen LogP contribution in [0.3, 0.4) is 0 Å². The second-order valence-electron chi connectivity index (χ2n) is 8.60. The van der Waals surface area contributed by atoms with Gasteiger partial charge in [-0.2, -0.15) is 0 Å². The Balaban J connectivity index is 1.42. The molecule has 1 atom stereocenters. The van der Waals surface area contributed by atoms with Crippen molar-refractivity contribution < 1.29 is 24.2 Å². The summed E-state index contributed by atoms with van der Waals surface area (Å²) in [5, 5.41) is 14.4. The first-order valence-electron chi connectivity index (χ1n) is 11.6. The van der Waals surface area contributed by atoms with Crippen molar-refractivity contribution in [1.29, 1.82) is 0 Å². The largest absolute Gasteiger partial charge is 0.481 e. The van der Waals surface area contributed by atoms with Gasteiger partial charge < -0.3 is 20.5 Å². The van der Waals surface area contributed by atoms with E-state index in [-0.39, 0.29) is 12.5 Å². The van der Waals surface area contributed by atoms with Gasteiger partial charge in [0.15, 0.2) is 0 Å². The number of carboxylic acid groups (broad SMARTS) is 1. The molecular weight excluding hydrogens is 444 g/mol. The Morgan fingerprint density at radius 1 is 0.971 bits per heavy atom. The zero-order chi connectivity index (χ0) is 24.9. The molecule has 4 rings (SSSR count). The minimum atomic E-state index is -1.28. The molecule has 3 N–H and O–H groups in total. The minimum absolute atomic E-state index is 0.0684. The van der Waals surface area contributed by atoms with E-state index in [0.717, 1.165) is 39.8 Å². The Bertz CT molecular complexity index is 1220. The van der Waals surface area contributed by atoms with Gasteiger partial charge in [0, 0.05) is 11.6 Å². The SMILES string of the molecule is CCc1ccc(NC(=O)C(CC(=O)O)NC(=O)OCC2c3ccccc3-c3ccccc32)cc1C. The van der Waals surface area contributed by atoms with Crippen LogP contribution in [0.1, 0.15) is 41.5 Å². The summed E-state index contributed by atoms with van der Waals surface area (Å²) in [4.78, 5) is 36.8. The molecule has 180 valence electrons. The highest BCUT2D eigenvalue weighted by Gasteiger charge is 2.30. The van der Waals surface area contributed by atoms with Crippen molar-refractivity contribution in [3.63, 3.8) is 0 Å². The second-order valence-corrected chi connectivity index (χ2v) is 8.60. The van der Waals surface area contributed by atoms with Gasteiger partial charge in [-0.15, -0.1) is 0 Å². The molecule has 7 heteroatoms. The van der Waals surface area contributed by atoms with Crippen molar-refractivity contribution in [2.24, 2.45) is 0 Å². The fourth-order valence-electron chi connectivity index (χ4n) is 4.57. The third-order valence-electron chi connectivity index (χ3n) is 6.32. The number of hydrogen-bond acceptors (Lipinski definition) is 4. The second kappa shape index (κ2) is 10.4. The predicted octanol–water partition coefficient (Wildman–Crippen LogP) is 4.88. The molecule has 0 saturated carbocycles. The Labute approximate surface area is 204 Å². The number of alkyl carbamates (subject to hydrolysis) is 1. The van der Waals surface area contributed by atoms with E-state index in [1.54, 1.807) is 6.07 Å². The van der Waals surface area contributed by atoms with Crippen LogP contribution in [-0.2, 0) is 20.7 Å². The molecule has 1 unspecified atom stereocenters. The first-order chi connectivity index (χ1) is 16.9. The van der Waals surface area contributed by atoms with Crippen LogP contribution >= 0.6 is 0 Å². The molecule has 0 heterocycles. The van der Waals surface area contributed by atoms with E-state index in [2.05, 4.69) is 10.6 Å². The fraction of sp³-hybridized carbons (Fsp3) is 0.250. The molecule has 0 bridgehead atoms. The van der Waals surface area contributed by atoms with Crippen molar-refractivity contribution >= 4 is 23.7 Å². The summed E-state index contributed by atoms with van der Waals surface area (Å²) in [5.41, 5.74) is 7.04. The van der Waals surface area contributed by atoms with Crippen LogP contribution < -0.4 is 10.6 Å².